The van der Waals surface area contributed by atoms with Gasteiger partial charge in [0, 0.05) is 27.6 Å². The minimum atomic E-state index is -0.0521. The molecular weight excluding hydrogens is 436 g/mol. The number of hydrogen-bond donors (Lipinski definition) is 2. The van der Waals surface area contributed by atoms with Crippen LogP contribution in [0.1, 0.15) is 0 Å². The first-order valence-electron chi connectivity index (χ1n) is 7.06. The van der Waals surface area contributed by atoms with E-state index < -0.39 is 0 Å². The predicted octanol–water partition coefficient (Wildman–Crippen LogP) is 4.99. The minimum Gasteiger partial charge on any atom is -0.505 e. The van der Waals surface area contributed by atoms with Gasteiger partial charge in [0.2, 0.25) is 5.56 Å². The Labute approximate surface area is 154 Å². The van der Waals surface area contributed by atoms with Crippen molar-refractivity contribution in [3.8, 4) is 5.75 Å². The lowest BCUT2D eigenvalue weighted by Crippen LogP contribution is -2.01. The Hall–Kier alpha value is -2.18. The molecule has 0 fully saturated rings. The topological polar surface area (TPSA) is 66.0 Å². The van der Waals surface area contributed by atoms with Crippen LogP contribution in [-0.4, -0.2) is 15.1 Å². The highest BCUT2D eigenvalue weighted by Gasteiger charge is 2.08. The summed E-state index contributed by atoms with van der Waals surface area (Å²) >= 11 is 6.65. The largest absolute Gasteiger partial charge is 0.505 e. The molecule has 24 heavy (non-hydrogen) atoms. The van der Waals surface area contributed by atoms with Gasteiger partial charge in [-0.15, -0.1) is 0 Å². The van der Waals surface area contributed by atoms with Crippen molar-refractivity contribution < 1.29 is 5.11 Å². The van der Waals surface area contributed by atoms with Crippen LogP contribution in [0.5, 0.6) is 5.75 Å². The number of aromatic nitrogens is 2. The number of pyridine rings is 2. The van der Waals surface area contributed by atoms with E-state index in [0.29, 0.717) is 9.99 Å². The highest BCUT2D eigenvalue weighted by molar-refractivity contribution is 9.11. The molecular formula is C18H12Br2N2O2. The molecule has 0 saturated heterocycles. The van der Waals surface area contributed by atoms with Gasteiger partial charge in [0.05, 0.1) is 4.47 Å². The zero-order valence-electron chi connectivity index (χ0n) is 12.3. The number of para-hydroxylation sites is 1. The number of phenolic OH excluding ortho intramolecular Hbond substituents is 1. The van der Waals surface area contributed by atoms with Crippen LogP contribution < -0.4 is 5.56 Å². The van der Waals surface area contributed by atoms with E-state index in [4.69, 9.17) is 0 Å². The zero-order valence-corrected chi connectivity index (χ0v) is 15.5. The van der Waals surface area contributed by atoms with Crippen molar-refractivity contribution in [3.05, 3.63) is 80.1 Å². The smallest absolute Gasteiger partial charge is 0.248 e. The predicted molar refractivity (Wildman–Crippen MR) is 103 cm³/mol. The molecule has 2 heterocycles. The SMILES string of the molecule is O=c1ccc2ccccc2[nH]1.Oc1c(Br)cc(Br)c2cccnc12. The Morgan fingerprint density at radius 2 is 1.75 bits per heavy atom. The first kappa shape index (κ1) is 16.7. The van der Waals surface area contributed by atoms with Gasteiger partial charge in [0.25, 0.3) is 0 Å². The van der Waals surface area contributed by atoms with E-state index >= 15 is 0 Å². The molecule has 4 aromatic rings. The van der Waals surface area contributed by atoms with Crippen LogP contribution >= 0.6 is 31.9 Å². The van der Waals surface area contributed by atoms with Gasteiger partial charge in [-0.3, -0.25) is 9.78 Å². The van der Waals surface area contributed by atoms with Gasteiger partial charge < -0.3 is 10.1 Å². The third-order valence-corrected chi connectivity index (χ3v) is 4.66. The summed E-state index contributed by atoms with van der Waals surface area (Å²) in [6.07, 6.45) is 1.65. The quantitative estimate of drug-likeness (QED) is 0.399. The molecule has 2 N–H and O–H groups in total. The number of nitrogens with one attached hydrogen (secondary N) is 1. The summed E-state index contributed by atoms with van der Waals surface area (Å²) in [5.74, 6) is 0.179. The summed E-state index contributed by atoms with van der Waals surface area (Å²) in [6, 6.07) is 16.6. The molecule has 4 nitrogen and oxygen atoms in total. The number of phenols is 1. The summed E-state index contributed by atoms with van der Waals surface area (Å²) in [5, 5.41) is 11.6. The third kappa shape index (κ3) is 3.49. The van der Waals surface area contributed by atoms with Crippen molar-refractivity contribution in [2.75, 3.05) is 0 Å². The molecule has 0 aliphatic heterocycles. The molecule has 4 rings (SSSR count). The van der Waals surface area contributed by atoms with E-state index in [1.807, 2.05) is 42.5 Å². The number of rotatable bonds is 0. The summed E-state index contributed by atoms with van der Waals surface area (Å²) in [5.41, 5.74) is 1.44. The Morgan fingerprint density at radius 3 is 2.58 bits per heavy atom. The van der Waals surface area contributed by atoms with Crippen molar-refractivity contribution >= 4 is 53.7 Å². The molecule has 0 radical (unpaired) electrons. The van der Waals surface area contributed by atoms with Gasteiger partial charge in [-0.2, -0.15) is 0 Å². The molecule has 2 aromatic heterocycles. The number of aromatic amines is 1. The summed E-state index contributed by atoms with van der Waals surface area (Å²) in [6.45, 7) is 0. The maximum Gasteiger partial charge on any atom is 0.248 e. The van der Waals surface area contributed by atoms with Crippen LogP contribution in [0.3, 0.4) is 0 Å². The second-order valence-corrected chi connectivity index (χ2v) is 6.71. The van der Waals surface area contributed by atoms with Gasteiger partial charge in [-0.25, -0.2) is 0 Å². The lowest BCUT2D eigenvalue weighted by atomic mass is 10.2. The van der Waals surface area contributed by atoms with Crippen molar-refractivity contribution in [1.29, 1.82) is 0 Å². The molecule has 0 aliphatic carbocycles. The number of halogens is 2. The van der Waals surface area contributed by atoms with Crippen LogP contribution in [0.2, 0.25) is 0 Å². The maximum absolute atomic E-state index is 10.8. The van der Waals surface area contributed by atoms with Crippen molar-refractivity contribution in [1.82, 2.24) is 9.97 Å². The minimum absolute atomic E-state index is 0.0521. The average Bonchev–Trinajstić information content (AvgIpc) is 2.60. The highest BCUT2D eigenvalue weighted by Crippen LogP contribution is 2.35. The van der Waals surface area contributed by atoms with Crippen molar-refractivity contribution in [3.63, 3.8) is 0 Å². The average molecular weight is 448 g/mol. The highest BCUT2D eigenvalue weighted by atomic mass is 79.9. The van der Waals surface area contributed by atoms with Crippen LogP contribution in [-0.2, 0) is 0 Å². The fraction of sp³-hybridized carbons (Fsp3) is 0. The van der Waals surface area contributed by atoms with Gasteiger partial charge in [0.15, 0.2) is 5.75 Å². The molecule has 2 aromatic carbocycles. The molecule has 0 atom stereocenters. The van der Waals surface area contributed by atoms with E-state index in [9.17, 15) is 9.90 Å². The van der Waals surface area contributed by atoms with E-state index in [2.05, 4.69) is 41.8 Å². The monoisotopic (exact) mass is 446 g/mol. The summed E-state index contributed by atoms with van der Waals surface area (Å²) in [4.78, 5) is 17.7. The van der Waals surface area contributed by atoms with Crippen LogP contribution in [0, 0.1) is 0 Å². The molecule has 0 saturated carbocycles. The van der Waals surface area contributed by atoms with E-state index in [1.165, 1.54) is 6.07 Å². The van der Waals surface area contributed by atoms with Gasteiger partial charge in [-0.05, 0) is 45.6 Å². The molecule has 6 heteroatoms. The number of fused-ring (bicyclic) bond motifs is 2. The molecule has 120 valence electrons. The molecule has 0 aliphatic rings. The summed E-state index contributed by atoms with van der Waals surface area (Å²) in [7, 11) is 0. The second kappa shape index (κ2) is 7.15. The fourth-order valence-electron chi connectivity index (χ4n) is 2.25. The van der Waals surface area contributed by atoms with Gasteiger partial charge in [0.1, 0.15) is 5.52 Å². The Morgan fingerprint density at radius 1 is 0.958 bits per heavy atom. The van der Waals surface area contributed by atoms with E-state index in [0.717, 1.165) is 20.8 Å². The number of nitrogens with zero attached hydrogens (tertiary/aromatic N) is 1. The molecule has 0 amide bonds. The van der Waals surface area contributed by atoms with Crippen molar-refractivity contribution in [2.45, 2.75) is 0 Å². The van der Waals surface area contributed by atoms with Gasteiger partial charge in [-0.1, -0.05) is 40.2 Å². The van der Waals surface area contributed by atoms with Crippen LogP contribution in [0.25, 0.3) is 21.8 Å². The first-order valence-corrected chi connectivity index (χ1v) is 8.64. The molecule has 0 bridgehead atoms. The number of aromatic hydroxyl groups is 1. The Balaban J connectivity index is 0.000000143. The zero-order chi connectivity index (χ0) is 17.1. The number of H-pyrrole nitrogens is 1. The van der Waals surface area contributed by atoms with E-state index in [1.54, 1.807) is 12.3 Å². The lowest BCUT2D eigenvalue weighted by Gasteiger charge is -2.03. The molecule has 0 unspecified atom stereocenters. The Kier molecular flexibility index (Phi) is 4.97. The fourth-order valence-corrected chi connectivity index (χ4v) is 3.53. The summed E-state index contributed by atoms with van der Waals surface area (Å²) < 4.78 is 1.56. The number of benzene rings is 2. The third-order valence-electron chi connectivity index (χ3n) is 3.40. The van der Waals surface area contributed by atoms with Crippen LogP contribution in [0.4, 0.5) is 0 Å². The Bertz CT molecular complexity index is 1080. The van der Waals surface area contributed by atoms with Gasteiger partial charge >= 0.3 is 0 Å². The second-order valence-electron chi connectivity index (χ2n) is 5.00. The van der Waals surface area contributed by atoms with E-state index in [-0.39, 0.29) is 11.3 Å². The maximum atomic E-state index is 10.8. The number of hydrogen-bond acceptors (Lipinski definition) is 3. The normalized spacial score (nSPS) is 10.4. The molecule has 0 spiro atoms. The standard InChI is InChI=1S/C9H5Br2NO.C9H7NO/c10-6-4-7(11)9(13)8-5(6)2-1-3-12-8;11-9-6-5-7-3-1-2-4-8(7)10-9/h1-4,13H;1-6H,(H,10,11). The lowest BCUT2D eigenvalue weighted by molar-refractivity contribution is 0.477. The van der Waals surface area contributed by atoms with Crippen molar-refractivity contribution in [2.24, 2.45) is 0 Å². The first-order chi connectivity index (χ1) is 11.6. The van der Waals surface area contributed by atoms with Crippen LogP contribution in [0.15, 0.2) is 74.5 Å².